The van der Waals surface area contributed by atoms with Crippen LogP contribution >= 0.6 is 0 Å². The van der Waals surface area contributed by atoms with Crippen molar-refractivity contribution in [1.29, 1.82) is 5.26 Å². The third kappa shape index (κ3) is 7.26. The molecular formula is C16H23NO3S. The molecule has 0 fully saturated rings. The van der Waals surface area contributed by atoms with Crippen LogP contribution in [0.4, 0.5) is 0 Å². The van der Waals surface area contributed by atoms with E-state index in [1.807, 2.05) is 6.92 Å². The molecule has 0 spiro atoms. The lowest BCUT2D eigenvalue weighted by molar-refractivity contribution is 0.306. The van der Waals surface area contributed by atoms with Crippen molar-refractivity contribution >= 4 is 10.1 Å². The van der Waals surface area contributed by atoms with Gasteiger partial charge in [0.1, 0.15) is 0 Å². The highest BCUT2D eigenvalue weighted by Crippen LogP contribution is 2.14. The number of nitriles is 1. The van der Waals surface area contributed by atoms with E-state index in [1.54, 1.807) is 24.3 Å². The molecule has 0 aromatic heterocycles. The van der Waals surface area contributed by atoms with E-state index in [1.165, 1.54) is 0 Å². The van der Waals surface area contributed by atoms with E-state index >= 15 is 0 Å². The number of unbranched alkanes of at least 4 members (excludes halogenated alkanes) is 6. The third-order valence-electron chi connectivity index (χ3n) is 3.23. The molecular weight excluding hydrogens is 286 g/mol. The standard InChI is InChI=1S/C16H23NO3S/c1-15-9-11-16(12-10-15)21(18,19)20-14-8-6-4-2-3-5-7-13-17/h9-12H,2-8,14H2,1H3. The summed E-state index contributed by atoms with van der Waals surface area (Å²) in [6, 6.07) is 8.79. The monoisotopic (exact) mass is 309 g/mol. The van der Waals surface area contributed by atoms with Gasteiger partial charge in [-0.1, -0.05) is 43.4 Å². The fourth-order valence-corrected chi connectivity index (χ4v) is 2.90. The Morgan fingerprint density at radius 3 is 2.19 bits per heavy atom. The van der Waals surface area contributed by atoms with E-state index < -0.39 is 10.1 Å². The number of benzene rings is 1. The lowest BCUT2D eigenvalue weighted by atomic mass is 10.1. The Hall–Kier alpha value is -1.38. The van der Waals surface area contributed by atoms with Crippen molar-refractivity contribution in [2.45, 2.75) is 56.8 Å². The van der Waals surface area contributed by atoms with Crippen LogP contribution < -0.4 is 0 Å². The summed E-state index contributed by atoms with van der Waals surface area (Å²) >= 11 is 0. The minimum Gasteiger partial charge on any atom is -0.266 e. The second kappa shape index (κ2) is 9.54. The molecule has 0 N–H and O–H groups in total. The Morgan fingerprint density at radius 2 is 1.57 bits per heavy atom. The van der Waals surface area contributed by atoms with Gasteiger partial charge in [0, 0.05) is 6.42 Å². The molecule has 0 saturated carbocycles. The molecule has 1 aromatic carbocycles. The Bertz CT molecular complexity index is 544. The van der Waals surface area contributed by atoms with E-state index in [-0.39, 0.29) is 11.5 Å². The maximum absolute atomic E-state index is 11.9. The maximum Gasteiger partial charge on any atom is 0.296 e. The first-order chi connectivity index (χ1) is 10.1. The first-order valence-electron chi connectivity index (χ1n) is 7.39. The molecule has 4 nitrogen and oxygen atoms in total. The molecule has 1 rings (SSSR count). The van der Waals surface area contributed by atoms with Crippen molar-refractivity contribution < 1.29 is 12.6 Å². The third-order valence-corrected chi connectivity index (χ3v) is 4.56. The van der Waals surface area contributed by atoms with Gasteiger partial charge in [0.15, 0.2) is 0 Å². The predicted octanol–water partition coefficient (Wildman–Crippen LogP) is 3.95. The highest BCUT2D eigenvalue weighted by molar-refractivity contribution is 7.86. The molecule has 21 heavy (non-hydrogen) atoms. The average Bonchev–Trinajstić information content (AvgIpc) is 2.46. The van der Waals surface area contributed by atoms with Crippen LogP contribution in [0.15, 0.2) is 29.2 Å². The van der Waals surface area contributed by atoms with Crippen LogP contribution in [0.5, 0.6) is 0 Å². The summed E-state index contributed by atoms with van der Waals surface area (Å²) in [6.45, 7) is 2.14. The number of aryl methyl sites for hydroxylation is 1. The zero-order valence-corrected chi connectivity index (χ0v) is 13.4. The van der Waals surface area contributed by atoms with E-state index in [4.69, 9.17) is 9.44 Å². The van der Waals surface area contributed by atoms with Crippen molar-refractivity contribution in [3.8, 4) is 6.07 Å². The van der Waals surface area contributed by atoms with Crippen LogP contribution in [-0.4, -0.2) is 15.0 Å². The second-order valence-corrected chi connectivity index (χ2v) is 6.73. The van der Waals surface area contributed by atoms with Gasteiger partial charge in [0.25, 0.3) is 10.1 Å². The fraction of sp³-hybridized carbons (Fsp3) is 0.562. The zero-order valence-electron chi connectivity index (χ0n) is 12.5. The maximum atomic E-state index is 11.9. The largest absolute Gasteiger partial charge is 0.296 e. The fourth-order valence-electron chi connectivity index (χ4n) is 1.95. The van der Waals surface area contributed by atoms with E-state index in [9.17, 15) is 8.42 Å². The zero-order chi connectivity index (χ0) is 15.6. The van der Waals surface area contributed by atoms with Crippen molar-refractivity contribution in [2.24, 2.45) is 0 Å². The predicted molar refractivity (Wildman–Crippen MR) is 82.2 cm³/mol. The number of nitrogens with zero attached hydrogens (tertiary/aromatic N) is 1. The molecule has 0 unspecified atom stereocenters. The molecule has 0 atom stereocenters. The summed E-state index contributed by atoms with van der Waals surface area (Å²) in [6.07, 6.45) is 6.48. The summed E-state index contributed by atoms with van der Waals surface area (Å²) in [5.74, 6) is 0. The molecule has 0 amide bonds. The van der Waals surface area contributed by atoms with E-state index in [0.29, 0.717) is 6.42 Å². The van der Waals surface area contributed by atoms with Crippen molar-refractivity contribution in [2.75, 3.05) is 6.61 Å². The summed E-state index contributed by atoms with van der Waals surface area (Å²) in [5.41, 5.74) is 1.02. The van der Waals surface area contributed by atoms with Crippen LogP contribution in [-0.2, 0) is 14.3 Å². The summed E-state index contributed by atoms with van der Waals surface area (Å²) in [4.78, 5) is 0.213. The molecule has 0 aliphatic rings. The number of rotatable bonds is 10. The Morgan fingerprint density at radius 1 is 1.00 bits per heavy atom. The first kappa shape index (κ1) is 17.7. The van der Waals surface area contributed by atoms with Crippen molar-refractivity contribution in [3.63, 3.8) is 0 Å². The van der Waals surface area contributed by atoms with Gasteiger partial charge in [-0.3, -0.25) is 4.18 Å². The van der Waals surface area contributed by atoms with Crippen molar-refractivity contribution in [1.82, 2.24) is 0 Å². The molecule has 1 aromatic rings. The quantitative estimate of drug-likeness (QED) is 0.485. The molecule has 0 aliphatic heterocycles. The second-order valence-electron chi connectivity index (χ2n) is 5.12. The number of hydrogen-bond acceptors (Lipinski definition) is 4. The highest BCUT2D eigenvalue weighted by Gasteiger charge is 2.14. The lowest BCUT2D eigenvalue weighted by Gasteiger charge is -2.06. The van der Waals surface area contributed by atoms with Gasteiger partial charge in [0.2, 0.25) is 0 Å². The molecule has 5 heteroatoms. The highest BCUT2D eigenvalue weighted by atomic mass is 32.2. The van der Waals surface area contributed by atoms with Crippen LogP contribution in [0, 0.1) is 18.3 Å². The normalized spacial score (nSPS) is 11.2. The summed E-state index contributed by atoms with van der Waals surface area (Å²) in [7, 11) is -3.62. The molecule has 0 radical (unpaired) electrons. The average molecular weight is 309 g/mol. The number of hydrogen-bond donors (Lipinski definition) is 0. The Labute approximate surface area is 127 Å². The summed E-state index contributed by atoms with van der Waals surface area (Å²) in [5, 5.41) is 8.40. The van der Waals surface area contributed by atoms with Gasteiger partial charge >= 0.3 is 0 Å². The minimum atomic E-state index is -3.62. The van der Waals surface area contributed by atoms with Gasteiger partial charge in [-0.25, -0.2) is 0 Å². The van der Waals surface area contributed by atoms with Crippen LogP contribution in [0.2, 0.25) is 0 Å². The van der Waals surface area contributed by atoms with E-state index in [0.717, 1.165) is 44.1 Å². The van der Waals surface area contributed by atoms with Crippen LogP contribution in [0.1, 0.15) is 50.5 Å². The molecule has 116 valence electrons. The molecule has 0 aliphatic carbocycles. The Balaban J connectivity index is 2.17. The topological polar surface area (TPSA) is 67.2 Å². The van der Waals surface area contributed by atoms with Crippen LogP contribution in [0.3, 0.4) is 0 Å². The SMILES string of the molecule is Cc1ccc(S(=O)(=O)OCCCCCCCCC#N)cc1. The minimum absolute atomic E-state index is 0.213. The molecule has 0 bridgehead atoms. The van der Waals surface area contributed by atoms with Crippen molar-refractivity contribution in [3.05, 3.63) is 29.8 Å². The molecule has 0 saturated heterocycles. The van der Waals surface area contributed by atoms with E-state index in [2.05, 4.69) is 6.07 Å². The van der Waals surface area contributed by atoms with Gasteiger partial charge in [-0.15, -0.1) is 0 Å². The van der Waals surface area contributed by atoms with Gasteiger partial charge in [-0.2, -0.15) is 13.7 Å². The van der Waals surface area contributed by atoms with Gasteiger partial charge < -0.3 is 0 Å². The smallest absolute Gasteiger partial charge is 0.266 e. The first-order valence-corrected chi connectivity index (χ1v) is 8.80. The van der Waals surface area contributed by atoms with Gasteiger partial charge in [0.05, 0.1) is 17.6 Å². The lowest BCUT2D eigenvalue weighted by Crippen LogP contribution is -2.07. The molecule has 0 heterocycles. The van der Waals surface area contributed by atoms with Gasteiger partial charge in [-0.05, 0) is 31.9 Å². The summed E-state index contributed by atoms with van der Waals surface area (Å²) < 4.78 is 28.8. The van der Waals surface area contributed by atoms with Crippen LogP contribution in [0.25, 0.3) is 0 Å². The Kier molecular flexibility index (Phi) is 8.03.